The number of piperazine rings is 1. The van der Waals surface area contributed by atoms with E-state index < -0.39 is 10.0 Å². The Labute approximate surface area is 224 Å². The lowest BCUT2D eigenvalue weighted by molar-refractivity contribution is -0.133. The van der Waals surface area contributed by atoms with Gasteiger partial charge in [-0.05, 0) is 86.1 Å². The van der Waals surface area contributed by atoms with Crippen LogP contribution in [0.25, 0.3) is 0 Å². The van der Waals surface area contributed by atoms with Crippen molar-refractivity contribution in [3.63, 3.8) is 0 Å². The molecule has 1 aliphatic heterocycles. The van der Waals surface area contributed by atoms with E-state index in [0.29, 0.717) is 42.4 Å². The molecule has 9 nitrogen and oxygen atoms in total. The monoisotopic (exact) mass is 539 g/mol. The van der Waals surface area contributed by atoms with Gasteiger partial charge in [0.1, 0.15) is 17.2 Å². The highest BCUT2D eigenvalue weighted by Crippen LogP contribution is 2.25. The molecular formula is C28H33N3O6S. The number of amides is 1. The molecule has 1 saturated heterocycles. The van der Waals surface area contributed by atoms with Crippen LogP contribution in [0.2, 0.25) is 0 Å². The first kappa shape index (κ1) is 27.1. The van der Waals surface area contributed by atoms with Crippen LogP contribution in [0.5, 0.6) is 17.2 Å². The third-order valence-electron chi connectivity index (χ3n) is 6.30. The molecular weight excluding hydrogens is 506 g/mol. The van der Waals surface area contributed by atoms with Crippen molar-refractivity contribution in [3.8, 4) is 17.2 Å². The zero-order valence-electron chi connectivity index (χ0n) is 21.8. The Morgan fingerprint density at radius 3 is 2.16 bits per heavy atom. The number of hydrogen-bond donors (Lipinski definition) is 1. The average Bonchev–Trinajstić information content (AvgIpc) is 2.93. The minimum Gasteiger partial charge on any atom is -0.497 e. The Kier molecular flexibility index (Phi) is 8.62. The smallest absolute Gasteiger partial charge is 0.261 e. The summed E-state index contributed by atoms with van der Waals surface area (Å²) in [5.41, 5.74) is 2.15. The van der Waals surface area contributed by atoms with Gasteiger partial charge in [-0.2, -0.15) is 0 Å². The van der Waals surface area contributed by atoms with Gasteiger partial charge in [-0.1, -0.05) is 0 Å². The van der Waals surface area contributed by atoms with Crippen LogP contribution in [0.15, 0.2) is 71.6 Å². The second kappa shape index (κ2) is 12.1. The summed E-state index contributed by atoms with van der Waals surface area (Å²) in [5.74, 6) is 1.84. The minimum atomic E-state index is -3.79. The molecule has 3 aromatic carbocycles. The summed E-state index contributed by atoms with van der Waals surface area (Å²) in [5, 5.41) is 0. The van der Waals surface area contributed by atoms with Crippen LogP contribution < -0.4 is 23.8 Å². The number of rotatable bonds is 10. The predicted molar refractivity (Wildman–Crippen MR) is 147 cm³/mol. The molecule has 0 unspecified atom stereocenters. The van der Waals surface area contributed by atoms with Crippen molar-refractivity contribution in [2.24, 2.45) is 0 Å². The number of sulfonamides is 1. The van der Waals surface area contributed by atoms with Crippen LogP contribution in [-0.2, 0) is 14.8 Å². The van der Waals surface area contributed by atoms with Gasteiger partial charge in [0.05, 0.1) is 18.6 Å². The highest BCUT2D eigenvalue weighted by molar-refractivity contribution is 7.92. The van der Waals surface area contributed by atoms with Gasteiger partial charge < -0.3 is 24.0 Å². The fourth-order valence-electron chi connectivity index (χ4n) is 4.19. The molecule has 0 atom stereocenters. The number of carbonyl (C=O) groups excluding carboxylic acids is 1. The van der Waals surface area contributed by atoms with Gasteiger partial charge in [0.2, 0.25) is 0 Å². The normalized spacial score (nSPS) is 13.7. The van der Waals surface area contributed by atoms with E-state index in [4.69, 9.17) is 14.2 Å². The third kappa shape index (κ3) is 6.69. The Morgan fingerprint density at radius 2 is 1.55 bits per heavy atom. The number of hydrogen-bond acceptors (Lipinski definition) is 7. The van der Waals surface area contributed by atoms with Crippen LogP contribution in [0.4, 0.5) is 11.4 Å². The fraction of sp³-hybridized carbons (Fsp3) is 0.321. The fourth-order valence-corrected chi connectivity index (χ4v) is 5.33. The van der Waals surface area contributed by atoms with Gasteiger partial charge in [0.15, 0.2) is 6.61 Å². The quantitative estimate of drug-likeness (QED) is 0.417. The van der Waals surface area contributed by atoms with Crippen LogP contribution >= 0.6 is 0 Å². The molecule has 10 heteroatoms. The number of benzene rings is 3. The van der Waals surface area contributed by atoms with Gasteiger partial charge in [0, 0.05) is 37.6 Å². The molecule has 0 aromatic heterocycles. The predicted octanol–water partition coefficient (Wildman–Crippen LogP) is 3.93. The van der Waals surface area contributed by atoms with E-state index >= 15 is 0 Å². The molecule has 0 bridgehead atoms. The molecule has 3 aromatic rings. The topological polar surface area (TPSA) is 97.4 Å². The molecule has 1 aliphatic rings. The zero-order valence-corrected chi connectivity index (χ0v) is 22.7. The van der Waals surface area contributed by atoms with Crippen molar-refractivity contribution < 1.29 is 27.4 Å². The Balaban J connectivity index is 1.29. The molecule has 1 heterocycles. The van der Waals surface area contributed by atoms with Crippen molar-refractivity contribution >= 4 is 27.3 Å². The summed E-state index contributed by atoms with van der Waals surface area (Å²) >= 11 is 0. The van der Waals surface area contributed by atoms with Crippen LogP contribution in [0.1, 0.15) is 12.5 Å². The van der Waals surface area contributed by atoms with E-state index in [0.717, 1.165) is 24.5 Å². The third-order valence-corrected chi connectivity index (χ3v) is 7.67. The summed E-state index contributed by atoms with van der Waals surface area (Å²) in [6, 6.07) is 19.2. The van der Waals surface area contributed by atoms with Gasteiger partial charge in [-0.15, -0.1) is 0 Å². The summed E-state index contributed by atoms with van der Waals surface area (Å²) in [6.07, 6.45) is 0. The Bertz CT molecular complexity index is 1340. The highest BCUT2D eigenvalue weighted by atomic mass is 32.2. The average molecular weight is 540 g/mol. The summed E-state index contributed by atoms with van der Waals surface area (Å²) in [4.78, 5) is 16.9. The first-order chi connectivity index (χ1) is 18.3. The van der Waals surface area contributed by atoms with Gasteiger partial charge in [0.25, 0.3) is 15.9 Å². The SMILES string of the molecule is CCOc1ccc(NS(=O)(=O)c2ccc(OCC(=O)N3CCN(c4ccc(OC)cc4)CC3)c(C)c2)cc1. The van der Waals surface area contributed by atoms with Crippen molar-refractivity contribution in [1.29, 1.82) is 0 Å². The molecule has 1 N–H and O–H groups in total. The first-order valence-corrected chi connectivity index (χ1v) is 13.9. The molecule has 1 amide bonds. The molecule has 0 radical (unpaired) electrons. The van der Waals surface area contributed by atoms with Crippen molar-refractivity contribution in [1.82, 2.24) is 4.90 Å². The summed E-state index contributed by atoms with van der Waals surface area (Å²) < 4.78 is 44.6. The maximum absolute atomic E-state index is 12.9. The number of ether oxygens (including phenoxy) is 3. The maximum atomic E-state index is 12.9. The second-order valence-corrected chi connectivity index (χ2v) is 10.5. The molecule has 0 saturated carbocycles. The van der Waals surface area contributed by atoms with Gasteiger partial charge in [-0.3, -0.25) is 9.52 Å². The minimum absolute atomic E-state index is 0.104. The highest BCUT2D eigenvalue weighted by Gasteiger charge is 2.22. The van der Waals surface area contributed by atoms with E-state index in [9.17, 15) is 13.2 Å². The van der Waals surface area contributed by atoms with Gasteiger partial charge >= 0.3 is 0 Å². The molecule has 4 rings (SSSR count). The standard InChI is InChI=1S/C28H33N3O6S/c1-4-36-25-9-5-22(6-10-25)29-38(33,34)26-13-14-27(21(2)19-26)37-20-28(32)31-17-15-30(16-18-31)23-7-11-24(35-3)12-8-23/h5-14,19,29H,4,15-18,20H2,1-3H3. The molecule has 0 aliphatic carbocycles. The Morgan fingerprint density at radius 1 is 0.895 bits per heavy atom. The van der Waals surface area contributed by atoms with Crippen molar-refractivity contribution in [3.05, 3.63) is 72.3 Å². The van der Waals surface area contributed by atoms with E-state index in [2.05, 4.69) is 9.62 Å². The van der Waals surface area contributed by atoms with Crippen LogP contribution in [0, 0.1) is 6.92 Å². The van der Waals surface area contributed by atoms with Crippen LogP contribution in [0.3, 0.4) is 0 Å². The molecule has 1 fully saturated rings. The molecule has 0 spiro atoms. The lowest BCUT2D eigenvalue weighted by Gasteiger charge is -2.36. The first-order valence-electron chi connectivity index (χ1n) is 12.4. The van der Waals surface area contributed by atoms with E-state index in [1.165, 1.54) is 12.1 Å². The van der Waals surface area contributed by atoms with Crippen LogP contribution in [-0.4, -0.2) is 65.7 Å². The Hall–Kier alpha value is -3.92. The lowest BCUT2D eigenvalue weighted by atomic mass is 10.2. The van der Waals surface area contributed by atoms with Crippen molar-refractivity contribution in [2.75, 3.05) is 56.1 Å². The number of carbonyl (C=O) groups is 1. The van der Waals surface area contributed by atoms with Crippen molar-refractivity contribution in [2.45, 2.75) is 18.7 Å². The lowest BCUT2D eigenvalue weighted by Crippen LogP contribution is -2.50. The van der Waals surface area contributed by atoms with Gasteiger partial charge in [-0.25, -0.2) is 8.42 Å². The molecule has 38 heavy (non-hydrogen) atoms. The zero-order chi connectivity index (χ0) is 27.1. The van der Waals surface area contributed by atoms with E-state index in [-0.39, 0.29) is 17.4 Å². The number of methoxy groups -OCH3 is 1. The summed E-state index contributed by atoms with van der Waals surface area (Å²) in [7, 11) is -2.15. The number of nitrogens with one attached hydrogen (secondary N) is 1. The second-order valence-electron chi connectivity index (χ2n) is 8.84. The number of anilines is 2. The summed E-state index contributed by atoms with van der Waals surface area (Å²) in [6.45, 7) is 6.71. The largest absolute Gasteiger partial charge is 0.497 e. The van der Waals surface area contributed by atoms with E-state index in [1.54, 1.807) is 49.3 Å². The van der Waals surface area contributed by atoms with E-state index in [1.807, 2.05) is 31.2 Å². The molecule has 202 valence electrons. The number of aryl methyl sites for hydroxylation is 1. The maximum Gasteiger partial charge on any atom is 0.261 e. The number of nitrogens with zero attached hydrogens (tertiary/aromatic N) is 2.